The average Bonchev–Trinajstić information content (AvgIpc) is 3.21. The third-order valence-electron chi connectivity index (χ3n) is 5.51. The maximum atomic E-state index is 12.8. The Morgan fingerprint density at radius 1 is 1.03 bits per heavy atom. The summed E-state index contributed by atoms with van der Waals surface area (Å²) in [6, 6.07) is 11.1. The number of methoxy groups -OCH3 is 1. The van der Waals surface area contributed by atoms with Crippen LogP contribution in [0.4, 0.5) is 0 Å². The zero-order valence-electron chi connectivity index (χ0n) is 17.7. The van der Waals surface area contributed by atoms with Gasteiger partial charge in [0.1, 0.15) is 5.75 Å². The lowest BCUT2D eigenvalue weighted by Crippen LogP contribution is -2.16. The second kappa shape index (κ2) is 8.13. The number of nitrogens with zero attached hydrogens (tertiary/aromatic N) is 3. The van der Waals surface area contributed by atoms with Gasteiger partial charge in [-0.1, -0.05) is 12.1 Å². The van der Waals surface area contributed by atoms with Gasteiger partial charge in [-0.15, -0.1) is 0 Å². The first-order chi connectivity index (χ1) is 14.8. The minimum absolute atomic E-state index is 0.101. The summed E-state index contributed by atoms with van der Waals surface area (Å²) in [6.45, 7) is 1.70. The second-order valence-corrected chi connectivity index (χ2v) is 8.76. The molecule has 160 valence electrons. The molecule has 0 spiro atoms. The molecule has 0 aliphatic heterocycles. The van der Waals surface area contributed by atoms with Crippen molar-refractivity contribution in [2.24, 2.45) is 14.1 Å². The molecule has 0 aliphatic carbocycles. The summed E-state index contributed by atoms with van der Waals surface area (Å²) in [5.41, 5.74) is 4.05. The lowest BCUT2D eigenvalue weighted by molar-refractivity contribution is 0.416. The van der Waals surface area contributed by atoms with Crippen molar-refractivity contribution in [1.29, 1.82) is 0 Å². The van der Waals surface area contributed by atoms with Gasteiger partial charge in [0, 0.05) is 48.6 Å². The van der Waals surface area contributed by atoms with Crippen molar-refractivity contribution < 1.29 is 13.5 Å². The molecule has 2 aromatic carbocycles. The van der Waals surface area contributed by atoms with Gasteiger partial charge in [0.25, 0.3) is 5.56 Å². The molecule has 0 aliphatic rings. The molecule has 0 saturated carbocycles. The molecule has 2 unspecified atom stereocenters. The van der Waals surface area contributed by atoms with E-state index in [9.17, 15) is 13.6 Å². The standard InChI is InChI=1S/C23H23N3O4S/c1-14(31(28)29)15-6-8-22(30-4)20(9-15)21-13-25(2)23(27)18-7-5-16(10-19(18)21)17-11-24-26(3)12-17/h5-14H,1-4H3,(H,28,29). The molecule has 0 bridgehead atoms. The lowest BCUT2D eigenvalue weighted by atomic mass is 9.95. The molecular weight excluding hydrogens is 414 g/mol. The number of pyridine rings is 1. The van der Waals surface area contributed by atoms with Crippen LogP contribution in [0.1, 0.15) is 17.7 Å². The maximum Gasteiger partial charge on any atom is 0.258 e. The third-order valence-corrected chi connectivity index (χ3v) is 6.38. The number of benzene rings is 2. The van der Waals surface area contributed by atoms with Gasteiger partial charge >= 0.3 is 0 Å². The molecule has 0 radical (unpaired) electrons. The Kier molecular flexibility index (Phi) is 5.51. The minimum Gasteiger partial charge on any atom is -0.496 e. The van der Waals surface area contributed by atoms with E-state index in [0.29, 0.717) is 16.7 Å². The Balaban J connectivity index is 2.03. The smallest absolute Gasteiger partial charge is 0.258 e. The zero-order valence-corrected chi connectivity index (χ0v) is 18.5. The van der Waals surface area contributed by atoms with Crippen LogP contribution in [-0.2, 0) is 25.2 Å². The summed E-state index contributed by atoms with van der Waals surface area (Å²) < 4.78 is 30.1. The number of aromatic nitrogens is 3. The molecule has 31 heavy (non-hydrogen) atoms. The largest absolute Gasteiger partial charge is 0.496 e. The van der Waals surface area contributed by atoms with E-state index < -0.39 is 16.3 Å². The Labute approximate surface area is 182 Å². The van der Waals surface area contributed by atoms with Crippen molar-refractivity contribution in [3.63, 3.8) is 0 Å². The van der Waals surface area contributed by atoms with Crippen LogP contribution in [0.3, 0.4) is 0 Å². The number of rotatable bonds is 5. The highest BCUT2D eigenvalue weighted by Crippen LogP contribution is 2.37. The van der Waals surface area contributed by atoms with E-state index in [-0.39, 0.29) is 5.56 Å². The van der Waals surface area contributed by atoms with Crippen LogP contribution in [0.5, 0.6) is 5.75 Å². The summed E-state index contributed by atoms with van der Waals surface area (Å²) in [4.78, 5) is 12.8. The zero-order chi connectivity index (χ0) is 22.3. The second-order valence-electron chi connectivity index (χ2n) is 7.50. The highest BCUT2D eigenvalue weighted by molar-refractivity contribution is 7.79. The molecule has 8 heteroatoms. The van der Waals surface area contributed by atoms with Gasteiger partial charge in [-0.05, 0) is 47.7 Å². The molecule has 2 heterocycles. The Hall–Kier alpha value is -3.23. The predicted molar refractivity (Wildman–Crippen MR) is 123 cm³/mol. The monoisotopic (exact) mass is 437 g/mol. The van der Waals surface area contributed by atoms with Crippen LogP contribution in [0.15, 0.2) is 59.8 Å². The molecule has 0 amide bonds. The SMILES string of the molecule is COc1ccc(C(C)S(=O)O)cc1-c1cn(C)c(=O)c2ccc(-c3cnn(C)c3)cc12. The summed E-state index contributed by atoms with van der Waals surface area (Å²) in [6.07, 6.45) is 5.47. The molecule has 2 atom stereocenters. The Bertz CT molecular complexity index is 1370. The number of ether oxygens (including phenoxy) is 1. The van der Waals surface area contributed by atoms with Crippen molar-refractivity contribution in [2.45, 2.75) is 12.2 Å². The fraction of sp³-hybridized carbons (Fsp3) is 0.217. The molecule has 7 nitrogen and oxygen atoms in total. The van der Waals surface area contributed by atoms with E-state index in [0.717, 1.165) is 27.6 Å². The molecule has 4 aromatic rings. The van der Waals surface area contributed by atoms with Gasteiger partial charge in [0.15, 0.2) is 11.1 Å². The minimum atomic E-state index is -2.00. The molecule has 0 saturated heterocycles. The third kappa shape index (κ3) is 3.80. The van der Waals surface area contributed by atoms with Crippen LogP contribution in [0, 0.1) is 0 Å². The topological polar surface area (TPSA) is 86.3 Å². The molecule has 2 aromatic heterocycles. The summed E-state index contributed by atoms with van der Waals surface area (Å²) in [7, 11) is 5.15. The van der Waals surface area contributed by atoms with Gasteiger partial charge in [0.05, 0.1) is 18.6 Å². The summed E-state index contributed by atoms with van der Waals surface area (Å²) >= 11 is -2.00. The van der Waals surface area contributed by atoms with Gasteiger partial charge in [-0.25, -0.2) is 4.21 Å². The first-order valence-corrected chi connectivity index (χ1v) is 10.9. The first-order valence-electron chi connectivity index (χ1n) is 9.70. The van der Waals surface area contributed by atoms with Crippen molar-refractivity contribution in [3.05, 3.63) is 70.9 Å². The van der Waals surface area contributed by atoms with E-state index >= 15 is 0 Å². The van der Waals surface area contributed by atoms with Crippen LogP contribution < -0.4 is 10.3 Å². The van der Waals surface area contributed by atoms with Crippen molar-refractivity contribution in [1.82, 2.24) is 14.3 Å². The highest BCUT2D eigenvalue weighted by Gasteiger charge is 2.18. The van der Waals surface area contributed by atoms with Gasteiger partial charge in [-0.3, -0.25) is 9.48 Å². The van der Waals surface area contributed by atoms with E-state index in [2.05, 4.69) is 5.10 Å². The number of hydrogen-bond donors (Lipinski definition) is 1. The van der Waals surface area contributed by atoms with Crippen molar-refractivity contribution in [3.8, 4) is 28.0 Å². The van der Waals surface area contributed by atoms with Crippen molar-refractivity contribution >= 4 is 21.9 Å². The van der Waals surface area contributed by atoms with E-state index in [1.165, 1.54) is 0 Å². The van der Waals surface area contributed by atoms with Crippen LogP contribution in [-0.4, -0.2) is 30.2 Å². The normalized spacial score (nSPS) is 13.3. The van der Waals surface area contributed by atoms with E-state index in [1.807, 2.05) is 37.5 Å². The summed E-state index contributed by atoms with van der Waals surface area (Å²) in [5, 5.41) is 5.04. The van der Waals surface area contributed by atoms with Crippen LogP contribution in [0.2, 0.25) is 0 Å². The van der Waals surface area contributed by atoms with E-state index in [4.69, 9.17) is 4.74 Å². The maximum absolute atomic E-state index is 12.8. The number of aryl methyl sites for hydroxylation is 2. The van der Waals surface area contributed by atoms with E-state index in [1.54, 1.807) is 54.9 Å². The molecular formula is C23H23N3O4S. The Morgan fingerprint density at radius 3 is 2.45 bits per heavy atom. The Morgan fingerprint density at radius 2 is 1.81 bits per heavy atom. The lowest BCUT2D eigenvalue weighted by Gasteiger charge is -2.16. The van der Waals surface area contributed by atoms with Crippen LogP contribution in [0.25, 0.3) is 33.0 Å². The van der Waals surface area contributed by atoms with Crippen molar-refractivity contribution in [2.75, 3.05) is 7.11 Å². The predicted octanol–water partition coefficient (Wildman–Crippen LogP) is 3.90. The molecule has 4 rings (SSSR count). The molecule has 0 fully saturated rings. The van der Waals surface area contributed by atoms with Gasteiger partial charge in [0.2, 0.25) is 0 Å². The number of fused-ring (bicyclic) bond motifs is 1. The quantitative estimate of drug-likeness (QED) is 0.479. The molecule has 1 N–H and O–H groups in total. The van der Waals surface area contributed by atoms with Gasteiger partial charge in [-0.2, -0.15) is 5.10 Å². The summed E-state index contributed by atoms with van der Waals surface area (Å²) in [5.74, 6) is 0.617. The van der Waals surface area contributed by atoms with Crippen LogP contribution >= 0.6 is 0 Å². The highest BCUT2D eigenvalue weighted by atomic mass is 32.2. The fourth-order valence-corrected chi connectivity index (χ4v) is 4.11. The van der Waals surface area contributed by atoms with Gasteiger partial charge < -0.3 is 13.9 Å². The first kappa shape index (κ1) is 21.0. The number of hydrogen-bond acceptors (Lipinski definition) is 4. The fourth-order valence-electron chi connectivity index (χ4n) is 3.74. The average molecular weight is 438 g/mol.